The molecule has 1 aliphatic rings. The van der Waals surface area contributed by atoms with Gasteiger partial charge < -0.3 is 20.6 Å². The maximum Gasteiger partial charge on any atom is 0.318 e. The number of amides is 3. The Morgan fingerprint density at radius 2 is 1.90 bits per heavy atom. The van der Waals surface area contributed by atoms with Gasteiger partial charge in [-0.15, -0.1) is 0 Å². The Labute approximate surface area is 118 Å². The zero-order chi connectivity index (χ0) is 15.1. The Bertz CT molecular complexity index is 365. The molecule has 0 saturated carbocycles. The Morgan fingerprint density at radius 1 is 1.30 bits per heavy atom. The first kappa shape index (κ1) is 16.3. The molecular formula is C13H23N3O4. The molecule has 0 aromatic carbocycles. The van der Waals surface area contributed by atoms with Gasteiger partial charge in [-0.2, -0.15) is 0 Å². The van der Waals surface area contributed by atoms with E-state index >= 15 is 0 Å². The summed E-state index contributed by atoms with van der Waals surface area (Å²) in [5.41, 5.74) is 0. The van der Waals surface area contributed by atoms with Crippen LogP contribution in [0.15, 0.2) is 0 Å². The number of carboxylic acids is 1. The van der Waals surface area contributed by atoms with Crippen LogP contribution in [-0.2, 0) is 9.59 Å². The number of aliphatic carboxylic acids is 1. The molecule has 0 aliphatic carbocycles. The number of carboxylic acid groups (broad SMARTS) is 1. The summed E-state index contributed by atoms with van der Waals surface area (Å²) < 4.78 is 0. The van der Waals surface area contributed by atoms with Crippen LogP contribution in [0.2, 0.25) is 0 Å². The van der Waals surface area contributed by atoms with Crippen LogP contribution in [0.4, 0.5) is 4.79 Å². The largest absolute Gasteiger partial charge is 0.481 e. The molecule has 7 nitrogen and oxygen atoms in total. The van der Waals surface area contributed by atoms with Crippen molar-refractivity contribution in [1.82, 2.24) is 15.5 Å². The highest BCUT2D eigenvalue weighted by atomic mass is 16.4. The summed E-state index contributed by atoms with van der Waals surface area (Å²) in [6.45, 7) is 5.05. The molecule has 114 valence electrons. The van der Waals surface area contributed by atoms with Crippen molar-refractivity contribution >= 4 is 17.9 Å². The van der Waals surface area contributed by atoms with Gasteiger partial charge in [0.25, 0.3) is 0 Å². The molecular weight excluding hydrogens is 262 g/mol. The van der Waals surface area contributed by atoms with Gasteiger partial charge in [-0.1, -0.05) is 0 Å². The fraction of sp³-hybridized carbons (Fsp3) is 0.769. The van der Waals surface area contributed by atoms with Crippen LogP contribution in [0.3, 0.4) is 0 Å². The van der Waals surface area contributed by atoms with Crippen molar-refractivity contribution in [2.75, 3.05) is 19.6 Å². The van der Waals surface area contributed by atoms with Crippen molar-refractivity contribution in [3.63, 3.8) is 0 Å². The lowest BCUT2D eigenvalue weighted by atomic mass is 9.94. The summed E-state index contributed by atoms with van der Waals surface area (Å²) in [5, 5.41) is 14.0. The first-order valence-electron chi connectivity index (χ1n) is 6.99. The minimum absolute atomic E-state index is 0.136. The Balaban J connectivity index is 2.35. The summed E-state index contributed by atoms with van der Waals surface area (Å²) >= 11 is 0. The summed E-state index contributed by atoms with van der Waals surface area (Å²) in [7, 11) is 0. The van der Waals surface area contributed by atoms with Crippen LogP contribution < -0.4 is 10.6 Å². The van der Waals surface area contributed by atoms with Crippen LogP contribution in [0.25, 0.3) is 0 Å². The number of piperidine rings is 1. The number of nitrogens with zero attached hydrogens (tertiary/aromatic N) is 1. The van der Waals surface area contributed by atoms with E-state index in [0.29, 0.717) is 32.5 Å². The lowest BCUT2D eigenvalue weighted by Gasteiger charge is -2.32. The fourth-order valence-electron chi connectivity index (χ4n) is 2.26. The molecule has 0 spiro atoms. The third kappa shape index (κ3) is 5.07. The zero-order valence-corrected chi connectivity index (χ0v) is 12.0. The molecule has 0 bridgehead atoms. The number of likely N-dealkylation sites (N-methyl/N-ethyl adjacent to an activating group) is 1. The van der Waals surface area contributed by atoms with Gasteiger partial charge in [0.1, 0.15) is 6.04 Å². The predicted octanol–water partition coefficient (Wildman–Crippen LogP) is 0.407. The van der Waals surface area contributed by atoms with E-state index in [1.807, 2.05) is 6.92 Å². The summed E-state index contributed by atoms with van der Waals surface area (Å²) in [6.07, 6.45) is 1.54. The van der Waals surface area contributed by atoms with E-state index < -0.39 is 12.0 Å². The van der Waals surface area contributed by atoms with Gasteiger partial charge in [-0.3, -0.25) is 9.59 Å². The molecule has 1 fully saturated rings. The van der Waals surface area contributed by atoms with E-state index in [2.05, 4.69) is 10.6 Å². The number of likely N-dealkylation sites (tertiary alicyclic amines) is 1. The van der Waals surface area contributed by atoms with E-state index in [-0.39, 0.29) is 24.3 Å². The molecule has 1 unspecified atom stereocenters. The first-order chi connectivity index (χ1) is 9.43. The molecule has 0 radical (unpaired) electrons. The number of urea groups is 1. The number of nitrogens with one attached hydrogen (secondary N) is 2. The molecule has 7 heteroatoms. The minimum atomic E-state index is -0.794. The standard InChI is InChI=1S/C13H23N3O4/c1-3-14-12(19)9(2)15-13(20)16-6-4-10(5-7-16)8-11(17)18/h9-10H,3-8H2,1-2H3,(H,14,19)(H,15,20)(H,17,18). The molecule has 1 saturated heterocycles. The first-order valence-corrected chi connectivity index (χ1v) is 6.99. The normalized spacial score (nSPS) is 17.4. The van der Waals surface area contributed by atoms with Crippen molar-refractivity contribution < 1.29 is 19.5 Å². The van der Waals surface area contributed by atoms with Crippen LogP contribution in [0.1, 0.15) is 33.1 Å². The average molecular weight is 285 g/mol. The molecule has 1 atom stereocenters. The smallest absolute Gasteiger partial charge is 0.318 e. The van der Waals surface area contributed by atoms with E-state index in [4.69, 9.17) is 5.11 Å². The Morgan fingerprint density at radius 3 is 2.40 bits per heavy atom. The van der Waals surface area contributed by atoms with Gasteiger partial charge in [-0.05, 0) is 32.6 Å². The molecule has 0 aromatic heterocycles. The van der Waals surface area contributed by atoms with E-state index in [9.17, 15) is 14.4 Å². The summed E-state index contributed by atoms with van der Waals surface area (Å²) in [5.74, 6) is -0.864. The van der Waals surface area contributed by atoms with E-state index in [1.54, 1.807) is 11.8 Å². The lowest BCUT2D eigenvalue weighted by Crippen LogP contribution is -2.51. The topological polar surface area (TPSA) is 98.7 Å². The molecule has 1 rings (SSSR count). The van der Waals surface area contributed by atoms with Crippen LogP contribution in [0.5, 0.6) is 0 Å². The van der Waals surface area contributed by atoms with Gasteiger partial charge >= 0.3 is 12.0 Å². The van der Waals surface area contributed by atoms with Crippen molar-refractivity contribution in [1.29, 1.82) is 0 Å². The monoisotopic (exact) mass is 285 g/mol. The average Bonchev–Trinajstić information content (AvgIpc) is 2.39. The second-order valence-corrected chi connectivity index (χ2v) is 5.09. The Kier molecular flexibility index (Phi) is 6.27. The van der Waals surface area contributed by atoms with Gasteiger partial charge in [0.15, 0.2) is 0 Å². The number of hydrogen-bond donors (Lipinski definition) is 3. The van der Waals surface area contributed by atoms with Gasteiger partial charge in [0, 0.05) is 26.1 Å². The number of hydrogen-bond acceptors (Lipinski definition) is 3. The van der Waals surface area contributed by atoms with Crippen molar-refractivity contribution in [2.24, 2.45) is 5.92 Å². The highest BCUT2D eigenvalue weighted by molar-refractivity contribution is 5.86. The summed E-state index contributed by atoms with van der Waals surface area (Å²) in [4.78, 5) is 35.8. The van der Waals surface area contributed by atoms with Crippen molar-refractivity contribution in [2.45, 2.75) is 39.2 Å². The lowest BCUT2D eigenvalue weighted by molar-refractivity contribution is -0.138. The molecule has 20 heavy (non-hydrogen) atoms. The second kappa shape index (κ2) is 7.72. The highest BCUT2D eigenvalue weighted by Gasteiger charge is 2.25. The van der Waals surface area contributed by atoms with Gasteiger partial charge in [-0.25, -0.2) is 4.79 Å². The van der Waals surface area contributed by atoms with Crippen molar-refractivity contribution in [3.05, 3.63) is 0 Å². The maximum absolute atomic E-state index is 12.0. The summed E-state index contributed by atoms with van der Waals surface area (Å²) in [6, 6.07) is -0.836. The Hall–Kier alpha value is -1.79. The number of rotatable bonds is 5. The highest BCUT2D eigenvalue weighted by Crippen LogP contribution is 2.20. The van der Waals surface area contributed by atoms with Gasteiger partial charge in [0.2, 0.25) is 5.91 Å². The molecule has 1 aliphatic heterocycles. The van der Waals surface area contributed by atoms with E-state index in [1.165, 1.54) is 0 Å². The quantitative estimate of drug-likeness (QED) is 0.681. The SMILES string of the molecule is CCNC(=O)C(C)NC(=O)N1CCC(CC(=O)O)CC1. The second-order valence-electron chi connectivity index (χ2n) is 5.09. The number of carbonyl (C=O) groups is 3. The molecule has 1 heterocycles. The zero-order valence-electron chi connectivity index (χ0n) is 12.0. The molecule has 3 N–H and O–H groups in total. The fourth-order valence-corrected chi connectivity index (χ4v) is 2.26. The third-order valence-electron chi connectivity index (χ3n) is 3.45. The molecule has 0 aromatic rings. The maximum atomic E-state index is 12.0. The predicted molar refractivity (Wildman–Crippen MR) is 73.2 cm³/mol. The molecule has 3 amide bonds. The minimum Gasteiger partial charge on any atom is -0.481 e. The van der Waals surface area contributed by atoms with Crippen LogP contribution >= 0.6 is 0 Å². The van der Waals surface area contributed by atoms with Gasteiger partial charge in [0.05, 0.1) is 0 Å². The van der Waals surface area contributed by atoms with Crippen LogP contribution in [0, 0.1) is 5.92 Å². The van der Waals surface area contributed by atoms with Crippen molar-refractivity contribution in [3.8, 4) is 0 Å². The van der Waals surface area contributed by atoms with E-state index in [0.717, 1.165) is 0 Å². The number of carbonyl (C=O) groups excluding carboxylic acids is 2. The van der Waals surface area contributed by atoms with Crippen LogP contribution in [-0.4, -0.2) is 53.6 Å². The third-order valence-corrected chi connectivity index (χ3v) is 3.45.